The van der Waals surface area contributed by atoms with Crippen LogP contribution in [0.4, 0.5) is 0 Å². The fourth-order valence-electron chi connectivity index (χ4n) is 4.16. The number of nitrogens with zero attached hydrogens (tertiary/aromatic N) is 2. The average Bonchev–Trinajstić information content (AvgIpc) is 3.20. The van der Waals surface area contributed by atoms with Crippen molar-refractivity contribution in [2.75, 3.05) is 7.11 Å². The van der Waals surface area contributed by atoms with Crippen LogP contribution in [-0.4, -0.2) is 28.0 Å². The molecule has 152 valence electrons. The van der Waals surface area contributed by atoms with Gasteiger partial charge < -0.3 is 19.7 Å². The number of hydrogen-bond acceptors (Lipinski definition) is 6. The van der Waals surface area contributed by atoms with Crippen molar-refractivity contribution in [3.8, 4) is 23.0 Å². The van der Waals surface area contributed by atoms with Gasteiger partial charge in [0, 0.05) is 23.1 Å². The van der Waals surface area contributed by atoms with Gasteiger partial charge in [-0.15, -0.1) is 0 Å². The zero-order valence-electron chi connectivity index (χ0n) is 16.7. The summed E-state index contributed by atoms with van der Waals surface area (Å²) in [6.07, 6.45) is 0.141. The number of hydrazone groups is 1. The number of aromatic hydroxyl groups is 2. The molecule has 0 radical (unpaired) electrons. The predicted molar refractivity (Wildman–Crippen MR) is 113 cm³/mol. The highest BCUT2D eigenvalue weighted by Gasteiger charge is 2.41. The van der Waals surface area contributed by atoms with Crippen molar-refractivity contribution >= 4 is 5.71 Å². The second kappa shape index (κ2) is 6.99. The van der Waals surface area contributed by atoms with Crippen LogP contribution in [0.1, 0.15) is 40.9 Å². The molecule has 0 spiro atoms. The summed E-state index contributed by atoms with van der Waals surface area (Å²) in [5.41, 5.74) is 4.43. The first-order chi connectivity index (χ1) is 14.5. The molecule has 30 heavy (non-hydrogen) atoms. The number of ether oxygens (including phenoxy) is 2. The van der Waals surface area contributed by atoms with E-state index in [9.17, 15) is 10.2 Å². The average molecular weight is 402 g/mol. The number of phenols is 2. The van der Waals surface area contributed by atoms with E-state index in [1.807, 2.05) is 54.4 Å². The molecule has 6 nitrogen and oxygen atoms in total. The van der Waals surface area contributed by atoms with E-state index in [1.54, 1.807) is 18.2 Å². The van der Waals surface area contributed by atoms with Crippen LogP contribution in [0.2, 0.25) is 0 Å². The van der Waals surface area contributed by atoms with Crippen LogP contribution < -0.4 is 9.47 Å². The van der Waals surface area contributed by atoms with Gasteiger partial charge in [0.15, 0.2) is 11.5 Å². The zero-order chi connectivity index (χ0) is 20.8. The minimum atomic E-state index is -0.508. The molecule has 5 rings (SSSR count). The van der Waals surface area contributed by atoms with Gasteiger partial charge >= 0.3 is 0 Å². The topological polar surface area (TPSA) is 74.5 Å². The molecule has 3 aromatic rings. The van der Waals surface area contributed by atoms with E-state index >= 15 is 0 Å². The number of benzene rings is 3. The Bertz CT molecular complexity index is 1160. The van der Waals surface area contributed by atoms with Crippen molar-refractivity contribution in [1.29, 1.82) is 0 Å². The maximum Gasteiger partial charge on any atom is 0.214 e. The number of fused-ring (bicyclic) bond motifs is 3. The molecule has 2 aliphatic rings. The van der Waals surface area contributed by atoms with E-state index < -0.39 is 6.23 Å². The number of hydrogen-bond donors (Lipinski definition) is 2. The summed E-state index contributed by atoms with van der Waals surface area (Å²) < 4.78 is 11.5. The minimum absolute atomic E-state index is 0.0286. The molecule has 3 aromatic carbocycles. The molecule has 0 saturated heterocycles. The Balaban J connectivity index is 1.61. The molecule has 0 unspecified atom stereocenters. The van der Waals surface area contributed by atoms with E-state index in [-0.39, 0.29) is 17.5 Å². The largest absolute Gasteiger partial charge is 0.507 e. The molecule has 0 fully saturated rings. The normalized spacial score (nSPS) is 19.5. The molecule has 2 N–H and O–H groups in total. The van der Waals surface area contributed by atoms with Gasteiger partial charge in [-0.25, -0.2) is 5.01 Å². The number of aryl methyl sites for hydroxylation is 1. The first-order valence-corrected chi connectivity index (χ1v) is 9.83. The molecule has 2 atom stereocenters. The van der Waals surface area contributed by atoms with Gasteiger partial charge in [0.05, 0.1) is 18.9 Å². The lowest BCUT2D eigenvalue weighted by Gasteiger charge is -2.38. The molecule has 6 heteroatoms. The summed E-state index contributed by atoms with van der Waals surface area (Å²) in [7, 11) is 1.52. The molecule has 0 aliphatic carbocycles. The number of para-hydroxylation sites is 1. The SMILES string of the molecule is COc1ccc([C@@H]2Oc3ccccc3[C@@H]3CC(c4cc(C)ccc4O)=NN32)cc1O. The molecule has 0 amide bonds. The maximum absolute atomic E-state index is 10.4. The third kappa shape index (κ3) is 2.92. The van der Waals surface area contributed by atoms with Crippen LogP contribution in [0.3, 0.4) is 0 Å². The summed E-state index contributed by atoms with van der Waals surface area (Å²) in [5, 5.41) is 27.5. The van der Waals surface area contributed by atoms with E-state index in [1.165, 1.54) is 7.11 Å². The quantitative estimate of drug-likeness (QED) is 0.667. The van der Waals surface area contributed by atoms with Crippen LogP contribution >= 0.6 is 0 Å². The van der Waals surface area contributed by atoms with Gasteiger partial charge in [-0.2, -0.15) is 5.10 Å². The lowest BCUT2D eigenvalue weighted by Crippen LogP contribution is -2.33. The number of rotatable bonds is 3. The van der Waals surface area contributed by atoms with Gasteiger partial charge in [0.25, 0.3) is 0 Å². The van der Waals surface area contributed by atoms with Crippen LogP contribution in [0.15, 0.2) is 65.8 Å². The highest BCUT2D eigenvalue weighted by Crippen LogP contribution is 2.48. The number of phenolic OH excluding ortho intramolecular Hbond substituents is 2. The summed E-state index contributed by atoms with van der Waals surface area (Å²) in [5.74, 6) is 1.46. The number of methoxy groups -OCH3 is 1. The third-order valence-corrected chi connectivity index (χ3v) is 5.65. The monoisotopic (exact) mass is 402 g/mol. The van der Waals surface area contributed by atoms with Crippen molar-refractivity contribution in [2.45, 2.75) is 25.6 Å². The van der Waals surface area contributed by atoms with E-state index in [0.29, 0.717) is 12.2 Å². The zero-order valence-corrected chi connectivity index (χ0v) is 16.7. The fourth-order valence-corrected chi connectivity index (χ4v) is 4.16. The third-order valence-electron chi connectivity index (χ3n) is 5.65. The van der Waals surface area contributed by atoms with Crippen molar-refractivity contribution in [1.82, 2.24) is 5.01 Å². The van der Waals surface area contributed by atoms with Crippen LogP contribution in [0.25, 0.3) is 0 Å². The van der Waals surface area contributed by atoms with Gasteiger partial charge in [-0.1, -0.05) is 29.8 Å². The first kappa shape index (κ1) is 18.4. The van der Waals surface area contributed by atoms with Crippen LogP contribution in [0.5, 0.6) is 23.0 Å². The van der Waals surface area contributed by atoms with Crippen LogP contribution in [0, 0.1) is 6.92 Å². The molecule has 0 aromatic heterocycles. The lowest BCUT2D eigenvalue weighted by molar-refractivity contribution is -0.0191. The first-order valence-electron chi connectivity index (χ1n) is 9.83. The standard InChI is InChI=1S/C24H22N2O4/c1-14-7-9-20(27)17(11-14)18-13-19-16-5-3-4-6-22(16)30-24(26(19)25-18)15-8-10-23(29-2)21(28)12-15/h3-12,19,24,27-28H,13H2,1-2H3/t19-,24-/m0/s1. The Labute approximate surface area is 174 Å². The second-order valence-corrected chi connectivity index (χ2v) is 7.61. The van der Waals surface area contributed by atoms with E-state index in [0.717, 1.165) is 33.7 Å². The van der Waals surface area contributed by atoms with Gasteiger partial charge in [-0.3, -0.25) is 0 Å². The molecule has 0 bridgehead atoms. The Hall–Kier alpha value is -3.67. The summed E-state index contributed by atoms with van der Waals surface area (Å²) in [6.45, 7) is 1.99. The summed E-state index contributed by atoms with van der Waals surface area (Å²) in [4.78, 5) is 0. The Morgan fingerprint density at radius 2 is 1.87 bits per heavy atom. The smallest absolute Gasteiger partial charge is 0.214 e. The van der Waals surface area contributed by atoms with Gasteiger partial charge in [0.2, 0.25) is 6.23 Å². The molecular formula is C24H22N2O4. The lowest BCUT2D eigenvalue weighted by atomic mass is 9.95. The highest BCUT2D eigenvalue weighted by atomic mass is 16.5. The molecule has 0 saturated carbocycles. The molecular weight excluding hydrogens is 380 g/mol. The summed E-state index contributed by atoms with van der Waals surface area (Å²) >= 11 is 0. The Kier molecular flexibility index (Phi) is 4.28. The van der Waals surface area contributed by atoms with Crippen molar-refractivity contribution in [3.05, 3.63) is 82.9 Å². The minimum Gasteiger partial charge on any atom is -0.507 e. The van der Waals surface area contributed by atoms with Crippen molar-refractivity contribution in [2.24, 2.45) is 5.10 Å². The fraction of sp³-hybridized carbons (Fsp3) is 0.208. The van der Waals surface area contributed by atoms with E-state index in [2.05, 4.69) is 0 Å². The van der Waals surface area contributed by atoms with E-state index in [4.69, 9.17) is 14.6 Å². The highest BCUT2D eigenvalue weighted by molar-refractivity contribution is 6.04. The Morgan fingerprint density at radius 3 is 2.67 bits per heavy atom. The maximum atomic E-state index is 10.4. The van der Waals surface area contributed by atoms with Crippen molar-refractivity contribution < 1.29 is 19.7 Å². The second-order valence-electron chi connectivity index (χ2n) is 7.61. The van der Waals surface area contributed by atoms with Gasteiger partial charge in [0.1, 0.15) is 11.5 Å². The van der Waals surface area contributed by atoms with Crippen molar-refractivity contribution in [3.63, 3.8) is 0 Å². The molecule has 2 aliphatic heterocycles. The predicted octanol–water partition coefficient (Wildman–Crippen LogP) is 4.66. The van der Waals surface area contributed by atoms with Gasteiger partial charge in [-0.05, 0) is 43.3 Å². The molecule has 2 heterocycles. The van der Waals surface area contributed by atoms with Crippen LogP contribution in [-0.2, 0) is 0 Å². The Morgan fingerprint density at radius 1 is 1.03 bits per heavy atom. The summed E-state index contributed by atoms with van der Waals surface area (Å²) in [6, 6.07) is 18.7.